The minimum Gasteiger partial charge on any atom is -0.506 e. The smallest absolute Gasteiger partial charge is 0.182 e. The Hall–Kier alpha value is -2.76. The number of hydrogen-bond donors (Lipinski definition) is 1. The number of aromatic hydroxyl groups is 1. The molecule has 0 saturated carbocycles. The van der Waals surface area contributed by atoms with Crippen LogP contribution in [0.5, 0.6) is 5.75 Å². The number of phenolic OH excluding ortho intramolecular Hbond substituents is 1. The first kappa shape index (κ1) is 12.3. The lowest BCUT2D eigenvalue weighted by Crippen LogP contribution is -1.85. The van der Waals surface area contributed by atoms with E-state index < -0.39 is 0 Å². The molecule has 2 aromatic heterocycles. The van der Waals surface area contributed by atoms with Gasteiger partial charge in [0, 0.05) is 6.20 Å². The third kappa shape index (κ3) is 2.11. The summed E-state index contributed by atoms with van der Waals surface area (Å²) >= 11 is 0. The molecule has 0 unspecified atom stereocenters. The summed E-state index contributed by atoms with van der Waals surface area (Å²) in [6, 6.07) is 9.51. The summed E-state index contributed by atoms with van der Waals surface area (Å²) < 4.78 is 14.8. The summed E-state index contributed by atoms with van der Waals surface area (Å²) in [6.45, 7) is 1.77. The van der Waals surface area contributed by atoms with E-state index in [0.29, 0.717) is 22.8 Å². The lowest BCUT2D eigenvalue weighted by atomic mass is 10.3. The number of rotatable bonds is 2. The van der Waals surface area contributed by atoms with Gasteiger partial charge < -0.3 is 5.11 Å². The van der Waals surface area contributed by atoms with Crippen LogP contribution in [0.2, 0.25) is 0 Å². The van der Waals surface area contributed by atoms with E-state index in [9.17, 15) is 9.50 Å². The van der Waals surface area contributed by atoms with Crippen molar-refractivity contribution in [3.63, 3.8) is 0 Å². The van der Waals surface area contributed by atoms with Gasteiger partial charge in [-0.15, -0.1) is 10.2 Å². The molecule has 1 N–H and O–H groups in total. The van der Waals surface area contributed by atoms with E-state index in [2.05, 4.69) is 15.2 Å². The van der Waals surface area contributed by atoms with Gasteiger partial charge in [-0.25, -0.2) is 9.37 Å². The van der Waals surface area contributed by atoms with Crippen molar-refractivity contribution in [2.24, 2.45) is 10.2 Å². The lowest BCUT2D eigenvalue weighted by molar-refractivity contribution is 0.476. The number of pyridine rings is 1. The molecule has 5 nitrogen and oxygen atoms in total. The number of aryl methyl sites for hydroxylation is 1. The predicted octanol–water partition coefficient (Wildman–Crippen LogP) is 3.90. The van der Waals surface area contributed by atoms with Crippen LogP contribution in [0.4, 0.5) is 15.9 Å². The first-order chi connectivity index (χ1) is 9.65. The highest BCUT2D eigenvalue weighted by Crippen LogP contribution is 2.28. The molecular formula is C14H11FN4O. The second-order valence-electron chi connectivity index (χ2n) is 4.29. The van der Waals surface area contributed by atoms with Gasteiger partial charge in [0.05, 0.1) is 5.69 Å². The minimum atomic E-state index is -0.381. The molecule has 0 spiro atoms. The van der Waals surface area contributed by atoms with Gasteiger partial charge >= 0.3 is 0 Å². The van der Waals surface area contributed by atoms with E-state index in [1.165, 1.54) is 22.7 Å². The fraction of sp³-hybridized carbons (Fsp3) is 0.0714. The SMILES string of the molecule is Cc1nc2ccc(F)cn2c1N=Nc1ccccc1O. The molecule has 2 heterocycles. The van der Waals surface area contributed by atoms with Crippen LogP contribution in [0, 0.1) is 12.7 Å². The topological polar surface area (TPSA) is 62.2 Å². The molecular weight excluding hydrogens is 259 g/mol. The summed E-state index contributed by atoms with van der Waals surface area (Å²) in [6.07, 6.45) is 1.30. The van der Waals surface area contributed by atoms with Crippen LogP contribution in [0.25, 0.3) is 5.65 Å². The Morgan fingerprint density at radius 1 is 1.15 bits per heavy atom. The van der Waals surface area contributed by atoms with Gasteiger partial charge in [0.1, 0.15) is 22.9 Å². The third-order valence-electron chi connectivity index (χ3n) is 2.86. The maximum absolute atomic E-state index is 13.3. The summed E-state index contributed by atoms with van der Waals surface area (Å²) in [4.78, 5) is 4.27. The summed E-state index contributed by atoms with van der Waals surface area (Å²) in [5.41, 5.74) is 1.57. The van der Waals surface area contributed by atoms with E-state index in [0.717, 1.165) is 0 Å². The Morgan fingerprint density at radius 2 is 1.95 bits per heavy atom. The van der Waals surface area contributed by atoms with Crippen molar-refractivity contribution in [2.45, 2.75) is 6.92 Å². The van der Waals surface area contributed by atoms with Crippen LogP contribution in [-0.2, 0) is 0 Å². The Bertz CT molecular complexity index is 810. The van der Waals surface area contributed by atoms with E-state index in [-0.39, 0.29) is 11.6 Å². The standard InChI is InChI=1S/C14H11FN4O/c1-9-14(18-17-11-4-2-3-5-12(11)20)19-8-10(15)6-7-13(19)16-9/h2-8,20H,1H3. The number of hydrogen-bond acceptors (Lipinski definition) is 4. The molecule has 0 aliphatic carbocycles. The Kier molecular flexibility index (Phi) is 2.90. The maximum Gasteiger partial charge on any atom is 0.182 e. The number of para-hydroxylation sites is 1. The van der Waals surface area contributed by atoms with Crippen LogP contribution >= 0.6 is 0 Å². The number of azo groups is 1. The Morgan fingerprint density at radius 3 is 2.75 bits per heavy atom. The highest BCUT2D eigenvalue weighted by molar-refractivity contribution is 5.53. The third-order valence-corrected chi connectivity index (χ3v) is 2.86. The van der Waals surface area contributed by atoms with Gasteiger partial charge in [0.25, 0.3) is 0 Å². The Balaban J connectivity index is 2.09. The quantitative estimate of drug-likeness (QED) is 0.718. The molecule has 0 aliphatic heterocycles. The summed E-state index contributed by atoms with van der Waals surface area (Å²) in [5.74, 6) is 0.0885. The van der Waals surface area contributed by atoms with Gasteiger partial charge in [0.15, 0.2) is 5.82 Å². The Labute approximate surface area is 114 Å². The van der Waals surface area contributed by atoms with Crippen molar-refractivity contribution in [3.8, 4) is 5.75 Å². The molecule has 3 rings (SSSR count). The molecule has 1 aromatic carbocycles. The lowest BCUT2D eigenvalue weighted by Gasteiger charge is -1.98. The zero-order valence-corrected chi connectivity index (χ0v) is 10.7. The number of imidazole rings is 1. The monoisotopic (exact) mass is 270 g/mol. The maximum atomic E-state index is 13.3. The second-order valence-corrected chi connectivity index (χ2v) is 4.29. The molecule has 0 aliphatic rings. The van der Waals surface area contributed by atoms with Crippen LogP contribution in [0.3, 0.4) is 0 Å². The fourth-order valence-corrected chi connectivity index (χ4v) is 1.89. The van der Waals surface area contributed by atoms with Gasteiger partial charge in [0.2, 0.25) is 0 Å². The van der Waals surface area contributed by atoms with Crippen LogP contribution in [0.1, 0.15) is 5.69 Å². The number of benzene rings is 1. The number of nitrogens with zero attached hydrogens (tertiary/aromatic N) is 4. The molecule has 0 radical (unpaired) electrons. The van der Waals surface area contributed by atoms with Gasteiger partial charge in [-0.3, -0.25) is 4.40 Å². The van der Waals surface area contributed by atoms with Crippen molar-refractivity contribution in [3.05, 3.63) is 54.1 Å². The average Bonchev–Trinajstić information content (AvgIpc) is 2.73. The molecule has 100 valence electrons. The van der Waals surface area contributed by atoms with Crippen molar-refractivity contribution >= 4 is 17.2 Å². The molecule has 0 bridgehead atoms. The summed E-state index contributed by atoms with van der Waals surface area (Å²) in [5, 5.41) is 17.7. The number of fused-ring (bicyclic) bond motifs is 1. The fourth-order valence-electron chi connectivity index (χ4n) is 1.89. The molecule has 0 saturated heterocycles. The minimum absolute atomic E-state index is 0.0360. The second kappa shape index (κ2) is 4.73. The zero-order chi connectivity index (χ0) is 14.1. The highest BCUT2D eigenvalue weighted by Gasteiger charge is 2.09. The van der Waals surface area contributed by atoms with E-state index >= 15 is 0 Å². The van der Waals surface area contributed by atoms with E-state index in [1.807, 2.05) is 0 Å². The van der Waals surface area contributed by atoms with Crippen molar-refractivity contribution in [1.29, 1.82) is 0 Å². The van der Waals surface area contributed by atoms with Gasteiger partial charge in [-0.1, -0.05) is 12.1 Å². The van der Waals surface area contributed by atoms with E-state index in [4.69, 9.17) is 0 Å². The number of phenols is 1. The largest absolute Gasteiger partial charge is 0.506 e. The van der Waals surface area contributed by atoms with Crippen LogP contribution in [0.15, 0.2) is 52.8 Å². The molecule has 6 heteroatoms. The van der Waals surface area contributed by atoms with Crippen LogP contribution < -0.4 is 0 Å². The number of aromatic nitrogens is 2. The average molecular weight is 270 g/mol. The van der Waals surface area contributed by atoms with Gasteiger partial charge in [-0.2, -0.15) is 0 Å². The van der Waals surface area contributed by atoms with Crippen molar-refractivity contribution < 1.29 is 9.50 Å². The molecule has 20 heavy (non-hydrogen) atoms. The van der Waals surface area contributed by atoms with Crippen LogP contribution in [-0.4, -0.2) is 14.5 Å². The molecule has 0 fully saturated rings. The predicted molar refractivity (Wildman–Crippen MR) is 72.2 cm³/mol. The molecule has 3 aromatic rings. The van der Waals surface area contributed by atoms with Gasteiger partial charge in [-0.05, 0) is 31.2 Å². The summed E-state index contributed by atoms with van der Waals surface area (Å²) in [7, 11) is 0. The molecule has 0 amide bonds. The normalized spacial score (nSPS) is 11.5. The van der Waals surface area contributed by atoms with Crippen molar-refractivity contribution in [2.75, 3.05) is 0 Å². The highest BCUT2D eigenvalue weighted by atomic mass is 19.1. The molecule has 0 atom stereocenters. The first-order valence-electron chi connectivity index (χ1n) is 5.99. The first-order valence-corrected chi connectivity index (χ1v) is 5.99. The van der Waals surface area contributed by atoms with E-state index in [1.54, 1.807) is 31.2 Å². The zero-order valence-electron chi connectivity index (χ0n) is 10.7. The number of halogens is 1. The van der Waals surface area contributed by atoms with Crippen molar-refractivity contribution in [1.82, 2.24) is 9.38 Å².